The van der Waals surface area contributed by atoms with Gasteiger partial charge in [-0.1, -0.05) is 24.3 Å². The highest BCUT2D eigenvalue weighted by Gasteiger charge is 2.31. The maximum atomic E-state index is 12.3. The Balaban J connectivity index is 2.00. The Morgan fingerprint density at radius 3 is 2.45 bits per heavy atom. The largest absolute Gasteiger partial charge is 0.514 e. The number of para-hydroxylation sites is 1. The highest BCUT2D eigenvalue weighted by molar-refractivity contribution is 7.91. The van der Waals surface area contributed by atoms with Crippen LogP contribution in [0.1, 0.15) is 25.0 Å². The number of carbonyl (C=O) groups excluding carboxylic acids is 1. The van der Waals surface area contributed by atoms with E-state index in [1.54, 1.807) is 38.1 Å². The van der Waals surface area contributed by atoms with Crippen LogP contribution in [0.25, 0.3) is 0 Å². The van der Waals surface area contributed by atoms with Crippen LogP contribution in [-0.4, -0.2) is 40.5 Å². The van der Waals surface area contributed by atoms with Crippen LogP contribution in [0.4, 0.5) is 10.5 Å². The molecule has 0 saturated carbocycles. The smallest absolute Gasteiger partial charge is 0.493 e. The molecule has 0 fully saturated rings. The minimum atomic E-state index is -4.15. The van der Waals surface area contributed by atoms with Gasteiger partial charge in [-0.2, -0.15) is 16.8 Å². The van der Waals surface area contributed by atoms with Gasteiger partial charge in [0.05, 0.1) is 18.6 Å². The molecule has 0 amide bonds. The molecule has 0 aromatic heterocycles. The Labute approximate surface area is 191 Å². The van der Waals surface area contributed by atoms with Gasteiger partial charge in [0.15, 0.2) is 5.75 Å². The third-order valence-corrected chi connectivity index (χ3v) is 5.90. The fraction of sp³-hybridized carbons (Fsp3) is 0.250. The topological polar surface area (TPSA) is 149 Å². The summed E-state index contributed by atoms with van der Waals surface area (Å²) in [5, 5.41) is 9.59. The van der Waals surface area contributed by atoms with Crippen molar-refractivity contribution in [2.75, 3.05) is 10.6 Å². The average Bonchev–Trinajstić information content (AvgIpc) is 2.93. The van der Waals surface area contributed by atoms with Gasteiger partial charge in [-0.05, 0) is 37.6 Å². The van der Waals surface area contributed by atoms with Crippen LogP contribution in [0.3, 0.4) is 0 Å². The third-order valence-electron chi connectivity index (χ3n) is 4.13. The molecule has 2 aromatic rings. The first kappa shape index (κ1) is 24.2. The number of hydrogen-bond donors (Lipinski definition) is 2. The molecular weight excluding hydrogens is 476 g/mol. The molecule has 0 bridgehead atoms. The van der Waals surface area contributed by atoms with E-state index >= 15 is 0 Å². The molecule has 1 aliphatic rings. The molecule has 3 rings (SSSR count). The van der Waals surface area contributed by atoms with Gasteiger partial charge in [-0.15, -0.1) is 0 Å². The average molecular weight is 499 g/mol. The number of ether oxygens (including phenoxy) is 2. The summed E-state index contributed by atoms with van der Waals surface area (Å²) >= 11 is 0. The fourth-order valence-electron chi connectivity index (χ4n) is 2.94. The molecule has 0 radical (unpaired) electrons. The minimum absolute atomic E-state index is 0.0586. The van der Waals surface area contributed by atoms with E-state index in [1.165, 1.54) is 18.2 Å². The number of aliphatic hydroxyl groups excluding tert-OH is 1. The summed E-state index contributed by atoms with van der Waals surface area (Å²) in [6, 6.07) is 10.8. The molecule has 0 spiro atoms. The van der Waals surface area contributed by atoms with E-state index < -0.39 is 38.5 Å². The van der Waals surface area contributed by atoms with Crippen molar-refractivity contribution in [3.05, 3.63) is 65.7 Å². The fourth-order valence-corrected chi connectivity index (χ4v) is 4.49. The standard InChI is InChI=1S/C20H22N2O9S2/c1-13(2)29-20(24)30-18-11-14(8-9-16(18)22-12-19(23)21-33(22,27)28)10-15-6-4-5-7-17(15)31-32(3,25)26/h4-9,11-13,21,23H,10H2,1-3H3. The van der Waals surface area contributed by atoms with Crippen molar-refractivity contribution in [2.24, 2.45) is 0 Å². The molecule has 178 valence electrons. The van der Waals surface area contributed by atoms with Crippen LogP contribution in [0, 0.1) is 0 Å². The van der Waals surface area contributed by atoms with Gasteiger partial charge in [0.25, 0.3) is 0 Å². The molecule has 1 heterocycles. The lowest BCUT2D eigenvalue weighted by atomic mass is 10.0. The molecule has 0 atom stereocenters. The van der Waals surface area contributed by atoms with Gasteiger partial charge in [-0.3, -0.25) is 0 Å². The van der Waals surface area contributed by atoms with Crippen molar-refractivity contribution < 1.29 is 40.4 Å². The number of carbonyl (C=O) groups is 1. The van der Waals surface area contributed by atoms with Gasteiger partial charge in [0.2, 0.25) is 5.88 Å². The van der Waals surface area contributed by atoms with E-state index in [4.69, 9.17) is 13.7 Å². The van der Waals surface area contributed by atoms with E-state index in [1.807, 2.05) is 4.72 Å². The van der Waals surface area contributed by atoms with Crippen molar-refractivity contribution in [2.45, 2.75) is 26.4 Å². The first-order valence-electron chi connectivity index (χ1n) is 9.56. The molecular formula is C20H22N2O9S2. The van der Waals surface area contributed by atoms with Gasteiger partial charge in [0, 0.05) is 12.0 Å². The van der Waals surface area contributed by atoms with Crippen molar-refractivity contribution in [3.63, 3.8) is 0 Å². The maximum Gasteiger partial charge on any atom is 0.514 e. The molecule has 2 N–H and O–H groups in total. The van der Waals surface area contributed by atoms with Crippen LogP contribution in [0.5, 0.6) is 11.5 Å². The molecule has 13 heteroatoms. The lowest BCUT2D eigenvalue weighted by Gasteiger charge is -2.19. The normalized spacial score (nSPS) is 15.0. The summed E-state index contributed by atoms with van der Waals surface area (Å²) in [5.74, 6) is -0.637. The van der Waals surface area contributed by atoms with Gasteiger partial charge >= 0.3 is 26.5 Å². The van der Waals surface area contributed by atoms with Gasteiger partial charge in [-0.25, -0.2) is 13.8 Å². The first-order chi connectivity index (χ1) is 15.3. The maximum absolute atomic E-state index is 12.3. The summed E-state index contributed by atoms with van der Waals surface area (Å²) in [6.07, 6.45) is 0.485. The second-order valence-electron chi connectivity index (χ2n) is 7.31. The molecule has 0 unspecified atom stereocenters. The van der Waals surface area contributed by atoms with E-state index in [0.717, 1.165) is 12.5 Å². The first-order valence-corrected chi connectivity index (χ1v) is 12.8. The van der Waals surface area contributed by atoms with Crippen LogP contribution in [0.15, 0.2) is 54.5 Å². The molecule has 0 aliphatic carbocycles. The SMILES string of the molecule is CC(C)OC(=O)Oc1cc(Cc2ccccc2OS(C)(=O)=O)ccc1N1C=C(O)NS1(=O)=O. The second kappa shape index (κ2) is 9.19. The van der Waals surface area contributed by atoms with Crippen molar-refractivity contribution in [1.29, 1.82) is 0 Å². The van der Waals surface area contributed by atoms with Gasteiger partial charge in [0.1, 0.15) is 11.4 Å². The molecule has 2 aromatic carbocycles. The van der Waals surface area contributed by atoms with E-state index in [9.17, 15) is 26.7 Å². The van der Waals surface area contributed by atoms with Crippen LogP contribution >= 0.6 is 0 Å². The zero-order chi connectivity index (χ0) is 24.4. The summed E-state index contributed by atoms with van der Waals surface area (Å²) in [4.78, 5) is 12.1. The zero-order valence-electron chi connectivity index (χ0n) is 17.9. The predicted molar refractivity (Wildman–Crippen MR) is 119 cm³/mol. The summed E-state index contributed by atoms with van der Waals surface area (Å²) in [5.41, 5.74) is 1.02. The molecule has 1 aliphatic heterocycles. The van der Waals surface area contributed by atoms with E-state index in [0.29, 0.717) is 15.4 Å². The van der Waals surface area contributed by atoms with Gasteiger partial charge < -0.3 is 18.8 Å². The van der Waals surface area contributed by atoms with E-state index in [-0.39, 0.29) is 23.6 Å². The Kier molecular flexibility index (Phi) is 6.74. The number of anilines is 1. The summed E-state index contributed by atoms with van der Waals surface area (Å²) in [7, 11) is -7.91. The lowest BCUT2D eigenvalue weighted by molar-refractivity contribution is 0.0730. The highest BCUT2D eigenvalue weighted by Crippen LogP contribution is 2.35. The summed E-state index contributed by atoms with van der Waals surface area (Å²) < 4.78 is 65.6. The van der Waals surface area contributed by atoms with Crippen molar-refractivity contribution in [3.8, 4) is 11.5 Å². The number of hydrogen-bond acceptors (Lipinski definition) is 9. The monoisotopic (exact) mass is 498 g/mol. The van der Waals surface area contributed by atoms with Crippen molar-refractivity contribution in [1.82, 2.24) is 4.72 Å². The predicted octanol–water partition coefficient (Wildman–Crippen LogP) is 2.55. The number of aliphatic hydroxyl groups is 1. The zero-order valence-corrected chi connectivity index (χ0v) is 19.5. The molecule has 33 heavy (non-hydrogen) atoms. The highest BCUT2D eigenvalue weighted by atomic mass is 32.2. The Morgan fingerprint density at radius 1 is 1.15 bits per heavy atom. The Morgan fingerprint density at radius 2 is 1.85 bits per heavy atom. The lowest BCUT2D eigenvalue weighted by Crippen LogP contribution is -2.30. The molecule has 0 saturated heterocycles. The van der Waals surface area contributed by atoms with Crippen LogP contribution in [-0.2, 0) is 31.5 Å². The second-order valence-corrected chi connectivity index (χ2v) is 10.4. The number of rotatable bonds is 7. The Hall–Kier alpha value is -3.45. The quantitative estimate of drug-likeness (QED) is 0.334. The van der Waals surface area contributed by atoms with E-state index in [2.05, 4.69) is 0 Å². The number of benzene rings is 2. The van der Waals surface area contributed by atoms with Crippen LogP contribution < -0.4 is 17.9 Å². The van der Waals surface area contributed by atoms with Crippen LogP contribution in [0.2, 0.25) is 0 Å². The number of nitrogens with zero attached hydrogens (tertiary/aromatic N) is 1. The third kappa shape index (κ3) is 6.29. The Bertz CT molecular complexity index is 1300. The summed E-state index contributed by atoms with van der Waals surface area (Å²) in [6.45, 7) is 3.24. The van der Waals surface area contributed by atoms with Crippen molar-refractivity contribution >= 4 is 32.2 Å². The molecule has 11 nitrogen and oxygen atoms in total. The number of nitrogens with one attached hydrogen (secondary N) is 1. The minimum Gasteiger partial charge on any atom is -0.493 e.